The number of hydrogen-bond acceptors (Lipinski definition) is 6. The Morgan fingerprint density at radius 3 is 2.63 bits per heavy atom. The van der Waals surface area contributed by atoms with Crippen molar-refractivity contribution in [1.82, 2.24) is 9.62 Å². The number of rotatable bonds is 11. The van der Waals surface area contributed by atoms with Crippen molar-refractivity contribution < 1.29 is 27.5 Å². The number of amides is 2. The van der Waals surface area contributed by atoms with E-state index in [1.54, 1.807) is 24.1 Å². The summed E-state index contributed by atoms with van der Waals surface area (Å²) in [5, 5.41) is 2.92. The molecule has 0 spiro atoms. The minimum absolute atomic E-state index is 0.0181. The second-order valence-corrected chi connectivity index (χ2v) is 10.7. The van der Waals surface area contributed by atoms with Crippen LogP contribution >= 0.6 is 0 Å². The third-order valence-corrected chi connectivity index (χ3v) is 6.93. The molecule has 4 rings (SSSR count). The monoisotopic (exact) mass is 501 g/mol. The largest absolute Gasteiger partial charge is 0.493 e. The van der Waals surface area contributed by atoms with E-state index >= 15 is 0 Å². The van der Waals surface area contributed by atoms with Crippen molar-refractivity contribution in [2.45, 2.75) is 38.8 Å². The Hall–Kier alpha value is -3.11. The van der Waals surface area contributed by atoms with E-state index < -0.39 is 16.1 Å². The van der Waals surface area contributed by atoms with Gasteiger partial charge in [-0.15, -0.1) is 0 Å². The first kappa shape index (κ1) is 25.0. The van der Waals surface area contributed by atoms with Gasteiger partial charge < -0.3 is 19.7 Å². The van der Waals surface area contributed by atoms with Crippen LogP contribution in [0.4, 0.5) is 5.69 Å². The van der Waals surface area contributed by atoms with Crippen molar-refractivity contribution in [3.63, 3.8) is 0 Å². The third-order valence-electron chi connectivity index (χ3n) is 6.20. The summed E-state index contributed by atoms with van der Waals surface area (Å²) in [6.45, 7) is 2.82. The highest BCUT2D eigenvalue weighted by Gasteiger charge is 2.37. The highest BCUT2D eigenvalue weighted by Crippen LogP contribution is 2.39. The molecular formula is C25H31N3O6S. The van der Waals surface area contributed by atoms with E-state index in [1.807, 2.05) is 31.2 Å². The number of sulfonamides is 1. The molecule has 1 aliphatic carbocycles. The van der Waals surface area contributed by atoms with Gasteiger partial charge in [-0.25, -0.2) is 13.1 Å². The van der Waals surface area contributed by atoms with Crippen LogP contribution < -0.4 is 19.5 Å². The average molecular weight is 502 g/mol. The van der Waals surface area contributed by atoms with Crippen molar-refractivity contribution in [2.75, 3.05) is 31.8 Å². The number of carbonyl (C=O) groups is 2. The molecule has 10 heteroatoms. The van der Waals surface area contributed by atoms with Crippen LogP contribution in [0.1, 0.15) is 53.7 Å². The molecule has 2 aromatic rings. The highest BCUT2D eigenvalue weighted by molar-refractivity contribution is 7.88. The molecule has 9 nitrogen and oxygen atoms in total. The van der Waals surface area contributed by atoms with Gasteiger partial charge in [-0.2, -0.15) is 0 Å². The van der Waals surface area contributed by atoms with E-state index in [9.17, 15) is 18.0 Å². The van der Waals surface area contributed by atoms with Crippen molar-refractivity contribution >= 4 is 27.5 Å². The van der Waals surface area contributed by atoms with E-state index in [2.05, 4.69) is 10.0 Å². The molecule has 0 bridgehead atoms. The van der Waals surface area contributed by atoms with Crippen molar-refractivity contribution in [1.29, 1.82) is 0 Å². The molecule has 0 radical (unpaired) electrons. The Balaban J connectivity index is 1.66. The van der Waals surface area contributed by atoms with Crippen LogP contribution in [0.25, 0.3) is 0 Å². The van der Waals surface area contributed by atoms with Crippen molar-refractivity contribution in [3.05, 3.63) is 53.1 Å². The van der Waals surface area contributed by atoms with E-state index in [-0.39, 0.29) is 24.3 Å². The third kappa shape index (κ3) is 5.76. The summed E-state index contributed by atoms with van der Waals surface area (Å²) in [4.78, 5) is 27.8. The number of carbonyl (C=O) groups excluding carboxylic acids is 2. The van der Waals surface area contributed by atoms with Gasteiger partial charge in [-0.3, -0.25) is 9.59 Å². The number of hydrogen-bond donors (Lipinski definition) is 2. The fourth-order valence-electron chi connectivity index (χ4n) is 4.37. The lowest BCUT2D eigenvalue weighted by Gasteiger charge is -2.29. The van der Waals surface area contributed by atoms with Crippen molar-refractivity contribution in [2.24, 2.45) is 5.92 Å². The summed E-state index contributed by atoms with van der Waals surface area (Å²) < 4.78 is 37.0. The zero-order chi connectivity index (χ0) is 25.2. The van der Waals surface area contributed by atoms with E-state index in [0.717, 1.165) is 30.2 Å². The molecule has 1 saturated carbocycles. The molecule has 35 heavy (non-hydrogen) atoms. The van der Waals surface area contributed by atoms with Gasteiger partial charge in [-0.05, 0) is 55.5 Å². The first-order valence-corrected chi connectivity index (χ1v) is 13.6. The Labute approximate surface area is 205 Å². The zero-order valence-corrected chi connectivity index (χ0v) is 21.0. The number of methoxy groups -OCH3 is 1. The molecule has 2 aromatic carbocycles. The van der Waals surface area contributed by atoms with Crippen LogP contribution in [0.2, 0.25) is 0 Å². The standard InChI is InChI=1S/C25H31N3O6S/c1-4-34-22-14-17(10-11-21(22)33-2)20(12-13-26-35(3,31)32)28-15-18-6-5-7-19(23(18)25(28)30)27-24(29)16-8-9-16/h5-7,10-11,14,16,20,26H,4,8-9,12-13,15H2,1-3H3,(H,27,29)/t20-/m0/s1. The summed E-state index contributed by atoms with van der Waals surface area (Å²) in [5.41, 5.74) is 2.63. The maximum Gasteiger partial charge on any atom is 0.257 e. The van der Waals surface area contributed by atoms with Gasteiger partial charge in [-0.1, -0.05) is 18.2 Å². The van der Waals surface area contributed by atoms with Gasteiger partial charge in [0.15, 0.2) is 11.5 Å². The molecule has 2 amide bonds. The van der Waals surface area contributed by atoms with E-state index in [0.29, 0.717) is 42.3 Å². The summed E-state index contributed by atoms with van der Waals surface area (Å²) >= 11 is 0. The second kappa shape index (κ2) is 10.2. The average Bonchev–Trinajstić information content (AvgIpc) is 3.61. The smallest absolute Gasteiger partial charge is 0.257 e. The minimum Gasteiger partial charge on any atom is -0.493 e. The quantitative estimate of drug-likeness (QED) is 0.489. The minimum atomic E-state index is -3.39. The molecule has 1 heterocycles. The van der Waals surface area contributed by atoms with Gasteiger partial charge in [0.1, 0.15) is 0 Å². The number of nitrogens with zero attached hydrogens (tertiary/aromatic N) is 1. The normalized spacial score (nSPS) is 16.1. The molecule has 2 aliphatic rings. The Morgan fingerprint density at radius 1 is 1.20 bits per heavy atom. The first-order chi connectivity index (χ1) is 16.7. The number of anilines is 1. The molecule has 1 aliphatic heterocycles. The van der Waals surface area contributed by atoms with Crippen LogP contribution in [-0.4, -0.2) is 51.6 Å². The number of nitrogens with one attached hydrogen (secondary N) is 2. The van der Waals surface area contributed by atoms with Crippen LogP contribution in [0.5, 0.6) is 11.5 Å². The number of ether oxygens (including phenoxy) is 2. The Morgan fingerprint density at radius 2 is 1.97 bits per heavy atom. The lowest BCUT2D eigenvalue weighted by molar-refractivity contribution is -0.117. The fraction of sp³-hybridized carbons (Fsp3) is 0.440. The molecule has 0 saturated heterocycles. The Bertz CT molecular complexity index is 1230. The zero-order valence-electron chi connectivity index (χ0n) is 20.2. The summed E-state index contributed by atoms with van der Waals surface area (Å²) in [6, 6.07) is 10.5. The molecule has 1 fully saturated rings. The highest BCUT2D eigenvalue weighted by atomic mass is 32.2. The topological polar surface area (TPSA) is 114 Å². The first-order valence-electron chi connectivity index (χ1n) is 11.7. The molecule has 2 N–H and O–H groups in total. The summed E-state index contributed by atoms with van der Waals surface area (Å²) in [5.74, 6) is 0.879. The molecule has 0 unspecified atom stereocenters. The SMILES string of the molecule is CCOc1cc([C@H](CCNS(C)(=O)=O)N2Cc3cccc(NC(=O)C4CC4)c3C2=O)ccc1OC. The van der Waals surface area contributed by atoms with Crippen LogP contribution in [0.15, 0.2) is 36.4 Å². The predicted molar refractivity (Wildman–Crippen MR) is 132 cm³/mol. The Kier molecular flexibility index (Phi) is 7.32. The van der Waals surface area contributed by atoms with Crippen LogP contribution in [-0.2, 0) is 21.4 Å². The van der Waals surface area contributed by atoms with Crippen molar-refractivity contribution in [3.8, 4) is 11.5 Å². The summed E-state index contributed by atoms with van der Waals surface area (Å²) in [7, 11) is -1.83. The van der Waals surface area contributed by atoms with Gasteiger partial charge in [0, 0.05) is 19.0 Å². The fourth-order valence-corrected chi connectivity index (χ4v) is 4.86. The van der Waals surface area contributed by atoms with Crippen LogP contribution in [0.3, 0.4) is 0 Å². The lowest BCUT2D eigenvalue weighted by Crippen LogP contribution is -2.33. The molecule has 1 atom stereocenters. The summed E-state index contributed by atoms with van der Waals surface area (Å²) in [6.07, 6.45) is 3.20. The lowest BCUT2D eigenvalue weighted by atomic mass is 10.0. The van der Waals surface area contributed by atoms with Gasteiger partial charge in [0.2, 0.25) is 15.9 Å². The van der Waals surface area contributed by atoms with Gasteiger partial charge in [0.25, 0.3) is 5.91 Å². The van der Waals surface area contributed by atoms with Gasteiger partial charge in [0.05, 0.1) is 37.3 Å². The number of benzene rings is 2. The predicted octanol–water partition coefficient (Wildman–Crippen LogP) is 3.08. The maximum atomic E-state index is 13.7. The molecular weight excluding hydrogens is 470 g/mol. The van der Waals surface area contributed by atoms with Gasteiger partial charge >= 0.3 is 0 Å². The number of fused-ring (bicyclic) bond motifs is 1. The second-order valence-electron chi connectivity index (χ2n) is 8.85. The molecule has 0 aromatic heterocycles. The van der Waals surface area contributed by atoms with E-state index in [4.69, 9.17) is 9.47 Å². The van der Waals surface area contributed by atoms with Crippen LogP contribution in [0, 0.1) is 5.92 Å². The molecule has 188 valence electrons. The van der Waals surface area contributed by atoms with E-state index in [1.165, 1.54) is 0 Å². The maximum absolute atomic E-state index is 13.7.